The first-order valence-electron chi connectivity index (χ1n) is 10.1. The number of nitrogens with zero attached hydrogens (tertiary/aromatic N) is 2. The van der Waals surface area contributed by atoms with Crippen molar-refractivity contribution in [2.75, 3.05) is 37.7 Å². The maximum Gasteiger partial charge on any atom is 0.251 e. The van der Waals surface area contributed by atoms with Gasteiger partial charge in [-0.05, 0) is 62.5 Å². The number of anilines is 1. The van der Waals surface area contributed by atoms with Crippen molar-refractivity contribution in [3.8, 4) is 5.75 Å². The molecule has 1 aromatic rings. The van der Waals surface area contributed by atoms with Crippen molar-refractivity contribution in [2.45, 2.75) is 45.6 Å². The van der Waals surface area contributed by atoms with E-state index >= 15 is 0 Å². The van der Waals surface area contributed by atoms with E-state index in [2.05, 4.69) is 24.1 Å². The van der Waals surface area contributed by atoms with Crippen LogP contribution in [0.5, 0.6) is 5.75 Å². The van der Waals surface area contributed by atoms with Gasteiger partial charge in [-0.25, -0.2) is 4.90 Å². The Hall–Kier alpha value is -1.92. The average molecular weight is 373 g/mol. The third kappa shape index (κ3) is 5.08. The minimum absolute atomic E-state index is 0.147. The van der Waals surface area contributed by atoms with Crippen molar-refractivity contribution in [1.82, 2.24) is 10.2 Å². The summed E-state index contributed by atoms with van der Waals surface area (Å²) in [4.78, 5) is 28.8. The van der Waals surface area contributed by atoms with Gasteiger partial charge in [0, 0.05) is 13.1 Å². The highest BCUT2D eigenvalue weighted by atomic mass is 16.5. The molecule has 0 saturated carbocycles. The molecule has 2 amide bonds. The molecule has 6 nitrogen and oxygen atoms in total. The van der Waals surface area contributed by atoms with Gasteiger partial charge in [-0.3, -0.25) is 9.59 Å². The highest BCUT2D eigenvalue weighted by molar-refractivity contribution is 6.22. The van der Waals surface area contributed by atoms with Gasteiger partial charge in [0.1, 0.15) is 5.75 Å². The Balaban J connectivity index is 1.50. The van der Waals surface area contributed by atoms with Crippen LogP contribution < -0.4 is 15.0 Å². The van der Waals surface area contributed by atoms with Crippen LogP contribution in [0.1, 0.15) is 39.5 Å². The van der Waals surface area contributed by atoms with Crippen LogP contribution in [0.15, 0.2) is 24.3 Å². The quantitative estimate of drug-likeness (QED) is 0.709. The maximum absolute atomic E-state index is 12.7. The Labute approximate surface area is 161 Å². The second kappa shape index (κ2) is 9.33. The van der Waals surface area contributed by atoms with E-state index in [1.807, 2.05) is 12.1 Å². The Kier molecular flexibility index (Phi) is 6.85. The summed E-state index contributed by atoms with van der Waals surface area (Å²) in [5.74, 6) is 1.27. The number of ether oxygens (including phenoxy) is 1. The number of likely N-dealkylation sites (tertiary alicyclic amines) is 1. The molecule has 0 unspecified atom stereocenters. The second-order valence-electron chi connectivity index (χ2n) is 7.64. The van der Waals surface area contributed by atoms with Gasteiger partial charge in [-0.15, -0.1) is 0 Å². The lowest BCUT2D eigenvalue weighted by Crippen LogP contribution is -2.43. The lowest BCUT2D eigenvalue weighted by molar-refractivity contribution is -0.121. The molecule has 2 saturated heterocycles. The Morgan fingerprint density at radius 3 is 2.52 bits per heavy atom. The molecule has 2 heterocycles. The smallest absolute Gasteiger partial charge is 0.251 e. The second-order valence-corrected chi connectivity index (χ2v) is 7.64. The van der Waals surface area contributed by atoms with Crippen molar-refractivity contribution < 1.29 is 14.3 Å². The number of amides is 2. The van der Waals surface area contributed by atoms with Crippen molar-refractivity contribution in [1.29, 1.82) is 0 Å². The molecule has 0 radical (unpaired) electrons. The summed E-state index contributed by atoms with van der Waals surface area (Å²) >= 11 is 0. The van der Waals surface area contributed by atoms with Gasteiger partial charge in [0.15, 0.2) is 0 Å². The largest absolute Gasteiger partial charge is 0.494 e. The zero-order valence-corrected chi connectivity index (χ0v) is 16.4. The summed E-state index contributed by atoms with van der Waals surface area (Å²) in [7, 11) is 0. The summed E-state index contributed by atoms with van der Waals surface area (Å²) in [5.41, 5.74) is 0.614. The van der Waals surface area contributed by atoms with Gasteiger partial charge in [-0.1, -0.05) is 13.8 Å². The van der Waals surface area contributed by atoms with E-state index in [9.17, 15) is 9.59 Å². The number of carbonyl (C=O) groups is 2. The number of nitrogens with one attached hydrogen (secondary N) is 1. The first-order valence-corrected chi connectivity index (χ1v) is 10.1. The lowest BCUT2D eigenvalue weighted by Gasteiger charge is -2.30. The standard InChI is InChI=1S/C21H31N3O3/c1-3-14-27-18-6-4-17(5-7-18)24-20(25)15-19(21(24)26)22-10-13-23-11-8-16(2)9-12-23/h4-7,16,19,22H,3,8-15H2,1-2H3/t19-/m1/s1. The summed E-state index contributed by atoms with van der Waals surface area (Å²) in [6, 6.07) is 6.75. The van der Waals surface area contributed by atoms with Gasteiger partial charge in [0.25, 0.3) is 5.91 Å². The van der Waals surface area contributed by atoms with Gasteiger partial charge in [-0.2, -0.15) is 0 Å². The summed E-state index contributed by atoms with van der Waals surface area (Å²) in [6.07, 6.45) is 3.65. The predicted octanol–water partition coefficient (Wildman–Crippen LogP) is 2.43. The zero-order chi connectivity index (χ0) is 19.2. The summed E-state index contributed by atoms with van der Waals surface area (Å²) in [5, 5.41) is 3.28. The Bertz CT molecular complexity index is 639. The fourth-order valence-electron chi connectivity index (χ4n) is 3.66. The van der Waals surface area contributed by atoms with E-state index < -0.39 is 6.04 Å². The summed E-state index contributed by atoms with van der Waals surface area (Å²) in [6.45, 7) is 8.91. The number of benzene rings is 1. The fourth-order valence-corrected chi connectivity index (χ4v) is 3.66. The molecule has 0 spiro atoms. The van der Waals surface area contributed by atoms with Gasteiger partial charge in [0.05, 0.1) is 24.8 Å². The number of hydrogen-bond acceptors (Lipinski definition) is 5. The number of hydrogen-bond donors (Lipinski definition) is 1. The fraction of sp³-hybridized carbons (Fsp3) is 0.619. The molecule has 148 valence electrons. The third-order valence-electron chi connectivity index (χ3n) is 5.41. The lowest BCUT2D eigenvalue weighted by atomic mass is 9.99. The number of imide groups is 1. The van der Waals surface area contributed by atoms with Crippen LogP contribution in [0, 0.1) is 5.92 Å². The Morgan fingerprint density at radius 2 is 1.85 bits per heavy atom. The molecular weight excluding hydrogens is 342 g/mol. The van der Waals surface area contributed by atoms with E-state index in [4.69, 9.17) is 4.74 Å². The van der Waals surface area contributed by atoms with Gasteiger partial charge in [0.2, 0.25) is 5.91 Å². The molecule has 0 aromatic heterocycles. The Morgan fingerprint density at radius 1 is 1.15 bits per heavy atom. The SMILES string of the molecule is CCCOc1ccc(N2C(=O)C[C@@H](NCCN3CCC(C)CC3)C2=O)cc1. The first-order chi connectivity index (χ1) is 13.1. The van der Waals surface area contributed by atoms with Crippen molar-refractivity contribution in [2.24, 2.45) is 5.92 Å². The molecule has 1 aromatic carbocycles. The highest BCUT2D eigenvalue weighted by Gasteiger charge is 2.39. The van der Waals surface area contributed by atoms with Crippen LogP contribution in [0.3, 0.4) is 0 Å². The molecule has 0 bridgehead atoms. The minimum Gasteiger partial charge on any atom is -0.494 e. The summed E-state index contributed by atoms with van der Waals surface area (Å²) < 4.78 is 5.56. The zero-order valence-electron chi connectivity index (χ0n) is 16.4. The van der Waals surface area contributed by atoms with E-state index in [0.29, 0.717) is 12.3 Å². The van der Waals surface area contributed by atoms with Crippen molar-refractivity contribution in [3.05, 3.63) is 24.3 Å². The number of carbonyl (C=O) groups excluding carboxylic acids is 2. The molecule has 0 aliphatic carbocycles. The van der Waals surface area contributed by atoms with E-state index in [1.165, 1.54) is 17.7 Å². The van der Waals surface area contributed by atoms with Crippen LogP contribution in [-0.2, 0) is 9.59 Å². The van der Waals surface area contributed by atoms with E-state index in [-0.39, 0.29) is 18.2 Å². The van der Waals surface area contributed by atoms with Crippen molar-refractivity contribution in [3.63, 3.8) is 0 Å². The van der Waals surface area contributed by atoms with Crippen LogP contribution >= 0.6 is 0 Å². The molecule has 3 rings (SSSR count). The minimum atomic E-state index is -0.419. The molecule has 6 heteroatoms. The van der Waals surface area contributed by atoms with Crippen molar-refractivity contribution >= 4 is 17.5 Å². The van der Waals surface area contributed by atoms with Gasteiger partial charge >= 0.3 is 0 Å². The molecule has 2 fully saturated rings. The topological polar surface area (TPSA) is 61.9 Å². The molecule has 1 N–H and O–H groups in total. The monoisotopic (exact) mass is 373 g/mol. The van der Waals surface area contributed by atoms with E-state index in [0.717, 1.165) is 44.3 Å². The van der Waals surface area contributed by atoms with E-state index in [1.54, 1.807) is 12.1 Å². The molecule has 1 atom stereocenters. The maximum atomic E-state index is 12.7. The van der Waals surface area contributed by atoms with Gasteiger partial charge < -0.3 is 15.0 Å². The predicted molar refractivity (Wildman–Crippen MR) is 106 cm³/mol. The van der Waals surface area contributed by atoms with Crippen LogP contribution in [-0.4, -0.2) is 55.5 Å². The molecular formula is C21H31N3O3. The average Bonchev–Trinajstić information content (AvgIpc) is 2.96. The number of rotatable bonds is 8. The normalized spacial score (nSPS) is 21.9. The third-order valence-corrected chi connectivity index (χ3v) is 5.41. The van der Waals surface area contributed by atoms with Crippen LogP contribution in [0.2, 0.25) is 0 Å². The van der Waals surface area contributed by atoms with Crippen LogP contribution in [0.4, 0.5) is 5.69 Å². The molecule has 27 heavy (non-hydrogen) atoms. The highest BCUT2D eigenvalue weighted by Crippen LogP contribution is 2.25. The molecule has 2 aliphatic heterocycles. The first kappa shape index (κ1) is 19.8. The number of piperidine rings is 1. The molecule has 2 aliphatic rings. The van der Waals surface area contributed by atoms with Crippen LogP contribution in [0.25, 0.3) is 0 Å².